The van der Waals surface area contributed by atoms with Crippen molar-refractivity contribution in [1.29, 1.82) is 0 Å². The van der Waals surface area contributed by atoms with E-state index in [1.54, 1.807) is 0 Å². The zero-order valence-corrected chi connectivity index (χ0v) is 17.0. The number of aromatic amines is 1. The number of nitrogens with zero attached hydrogens (tertiary/aromatic N) is 3. The lowest BCUT2D eigenvalue weighted by Crippen LogP contribution is -2.42. The lowest BCUT2D eigenvalue weighted by atomic mass is 9.87. The Hall–Kier alpha value is -1.35. The van der Waals surface area contributed by atoms with E-state index < -0.39 is 0 Å². The Balaban J connectivity index is 0.00000182. The van der Waals surface area contributed by atoms with Gasteiger partial charge in [-0.1, -0.05) is 12.1 Å². The number of hydrogen-bond acceptors (Lipinski definition) is 3. The van der Waals surface area contributed by atoms with Crippen molar-refractivity contribution < 1.29 is 4.74 Å². The summed E-state index contributed by atoms with van der Waals surface area (Å²) in [6.07, 6.45) is 3.24. The average molecular weight is 455 g/mol. The molecule has 2 fully saturated rings. The van der Waals surface area contributed by atoms with Crippen LogP contribution >= 0.6 is 24.0 Å². The summed E-state index contributed by atoms with van der Waals surface area (Å²) in [7, 11) is 1.86. The van der Waals surface area contributed by atoms with Crippen molar-refractivity contribution in [2.24, 2.45) is 10.4 Å². The topological polar surface area (TPSA) is 65.5 Å². The van der Waals surface area contributed by atoms with Gasteiger partial charge in [0.25, 0.3) is 0 Å². The molecule has 1 aromatic heterocycles. The summed E-state index contributed by atoms with van der Waals surface area (Å²) in [5.41, 5.74) is 2.48. The van der Waals surface area contributed by atoms with Crippen LogP contribution < -0.4 is 5.32 Å². The molecule has 0 aliphatic carbocycles. The molecular weight excluding hydrogens is 429 g/mol. The molecule has 1 spiro atoms. The fraction of sp³-hybridized carbons (Fsp3) is 0.556. The van der Waals surface area contributed by atoms with Gasteiger partial charge in [0.1, 0.15) is 5.82 Å². The first-order chi connectivity index (χ1) is 11.8. The molecule has 0 bridgehead atoms. The van der Waals surface area contributed by atoms with Gasteiger partial charge < -0.3 is 19.9 Å². The minimum atomic E-state index is 0. The Morgan fingerprint density at radius 3 is 3.04 bits per heavy atom. The Bertz CT molecular complexity index is 705. The number of hydrogen-bond donors (Lipinski definition) is 2. The van der Waals surface area contributed by atoms with Crippen LogP contribution in [0.15, 0.2) is 29.3 Å². The maximum Gasteiger partial charge on any atom is 0.193 e. The SMILES string of the molecule is CN=C(NCCc1nc2ccccc2[nH]1)N1CCC2(CCOC2)C1.I. The molecule has 1 unspecified atom stereocenters. The number of benzene rings is 1. The van der Waals surface area contributed by atoms with Crippen molar-refractivity contribution in [3.8, 4) is 0 Å². The smallest absolute Gasteiger partial charge is 0.193 e. The van der Waals surface area contributed by atoms with Gasteiger partial charge in [0.15, 0.2) is 5.96 Å². The van der Waals surface area contributed by atoms with E-state index in [-0.39, 0.29) is 24.0 Å². The highest BCUT2D eigenvalue weighted by Crippen LogP contribution is 2.38. The number of para-hydroxylation sites is 2. The number of fused-ring (bicyclic) bond motifs is 1. The summed E-state index contributed by atoms with van der Waals surface area (Å²) in [5, 5.41) is 3.49. The number of aromatic nitrogens is 2. The fourth-order valence-electron chi connectivity index (χ4n) is 3.84. The van der Waals surface area contributed by atoms with Gasteiger partial charge in [0.05, 0.1) is 17.6 Å². The monoisotopic (exact) mass is 455 g/mol. The minimum Gasteiger partial charge on any atom is -0.381 e. The predicted octanol–water partition coefficient (Wildman–Crippen LogP) is 2.41. The van der Waals surface area contributed by atoms with E-state index >= 15 is 0 Å². The summed E-state index contributed by atoms with van der Waals surface area (Å²) < 4.78 is 5.61. The van der Waals surface area contributed by atoms with Gasteiger partial charge in [0.2, 0.25) is 0 Å². The highest BCUT2D eigenvalue weighted by molar-refractivity contribution is 14.0. The summed E-state index contributed by atoms with van der Waals surface area (Å²) in [5.74, 6) is 2.01. The minimum absolute atomic E-state index is 0. The largest absolute Gasteiger partial charge is 0.381 e. The van der Waals surface area contributed by atoms with E-state index in [0.717, 1.165) is 62.1 Å². The maximum atomic E-state index is 5.61. The molecule has 0 amide bonds. The Morgan fingerprint density at radius 2 is 2.28 bits per heavy atom. The van der Waals surface area contributed by atoms with Crippen molar-refractivity contribution in [3.63, 3.8) is 0 Å². The van der Waals surface area contributed by atoms with Crippen LogP contribution in [0.1, 0.15) is 18.7 Å². The molecule has 25 heavy (non-hydrogen) atoms. The van der Waals surface area contributed by atoms with Gasteiger partial charge in [-0.2, -0.15) is 0 Å². The number of H-pyrrole nitrogens is 1. The van der Waals surface area contributed by atoms with Crippen LogP contribution in [0.4, 0.5) is 0 Å². The van der Waals surface area contributed by atoms with Gasteiger partial charge in [-0.3, -0.25) is 4.99 Å². The first kappa shape index (κ1) is 18.4. The van der Waals surface area contributed by atoms with E-state index in [4.69, 9.17) is 4.74 Å². The lowest BCUT2D eigenvalue weighted by molar-refractivity contribution is 0.156. The van der Waals surface area contributed by atoms with Crippen molar-refractivity contribution in [1.82, 2.24) is 20.2 Å². The first-order valence-corrected chi connectivity index (χ1v) is 8.75. The van der Waals surface area contributed by atoms with E-state index in [2.05, 4.69) is 31.2 Å². The number of imidazole rings is 1. The number of guanidine groups is 1. The number of rotatable bonds is 3. The quantitative estimate of drug-likeness (QED) is 0.424. The van der Waals surface area contributed by atoms with Gasteiger partial charge in [-0.25, -0.2) is 4.98 Å². The summed E-state index contributed by atoms with van der Waals surface area (Å²) in [4.78, 5) is 14.8. The Labute approximate surface area is 165 Å². The van der Waals surface area contributed by atoms with Crippen molar-refractivity contribution in [3.05, 3.63) is 30.1 Å². The highest BCUT2D eigenvalue weighted by Gasteiger charge is 2.42. The van der Waals surface area contributed by atoms with E-state index in [1.165, 1.54) is 12.8 Å². The molecule has 2 aliphatic rings. The Morgan fingerprint density at radius 1 is 1.40 bits per heavy atom. The molecule has 1 atom stereocenters. The van der Waals surface area contributed by atoms with Gasteiger partial charge in [-0.15, -0.1) is 24.0 Å². The standard InChI is InChI=1S/C18H25N5O.HI/c1-19-17(23-10-7-18(12-23)8-11-24-13-18)20-9-6-16-21-14-4-2-3-5-15(14)22-16;/h2-5H,6-13H2,1H3,(H,19,20)(H,21,22);1H. The fourth-order valence-corrected chi connectivity index (χ4v) is 3.84. The number of aliphatic imine (C=N–C) groups is 1. The molecule has 0 saturated carbocycles. The molecule has 2 N–H and O–H groups in total. The van der Waals surface area contributed by atoms with E-state index in [9.17, 15) is 0 Å². The molecule has 2 aliphatic heterocycles. The summed E-state index contributed by atoms with van der Waals surface area (Å²) >= 11 is 0. The molecule has 2 aromatic rings. The van der Waals surface area contributed by atoms with Crippen LogP contribution in [0.2, 0.25) is 0 Å². The second-order valence-corrected chi connectivity index (χ2v) is 6.90. The molecule has 136 valence electrons. The van der Waals surface area contributed by atoms with Gasteiger partial charge in [0, 0.05) is 45.1 Å². The molecule has 6 nitrogen and oxygen atoms in total. The number of likely N-dealkylation sites (tertiary alicyclic amines) is 1. The number of halogens is 1. The van der Waals surface area contributed by atoms with Crippen molar-refractivity contribution in [2.75, 3.05) is 39.9 Å². The molecule has 1 aromatic carbocycles. The zero-order valence-electron chi connectivity index (χ0n) is 14.6. The normalized spacial score (nSPS) is 23.4. The number of ether oxygens (including phenoxy) is 1. The molecule has 2 saturated heterocycles. The van der Waals surface area contributed by atoms with Crippen LogP contribution in [-0.4, -0.2) is 60.7 Å². The van der Waals surface area contributed by atoms with E-state index in [1.807, 2.05) is 25.2 Å². The molecular formula is C18H26IN5O. The van der Waals surface area contributed by atoms with Gasteiger partial charge >= 0.3 is 0 Å². The van der Waals surface area contributed by atoms with Crippen molar-refractivity contribution >= 4 is 41.0 Å². The Kier molecular flexibility index (Phi) is 5.83. The predicted molar refractivity (Wildman–Crippen MR) is 111 cm³/mol. The van der Waals surface area contributed by atoms with Crippen LogP contribution in [0.3, 0.4) is 0 Å². The third-order valence-corrected chi connectivity index (χ3v) is 5.22. The molecule has 3 heterocycles. The van der Waals surface area contributed by atoms with Crippen LogP contribution in [0, 0.1) is 5.41 Å². The van der Waals surface area contributed by atoms with Crippen LogP contribution in [-0.2, 0) is 11.2 Å². The second kappa shape index (κ2) is 7.90. The maximum absolute atomic E-state index is 5.61. The third kappa shape index (κ3) is 3.92. The zero-order chi connectivity index (χ0) is 16.4. The first-order valence-electron chi connectivity index (χ1n) is 8.75. The van der Waals surface area contributed by atoms with Crippen molar-refractivity contribution in [2.45, 2.75) is 19.3 Å². The molecule has 0 radical (unpaired) electrons. The average Bonchev–Trinajstić information content (AvgIpc) is 3.32. The van der Waals surface area contributed by atoms with E-state index in [0.29, 0.717) is 5.41 Å². The highest BCUT2D eigenvalue weighted by atomic mass is 127. The summed E-state index contributed by atoms with van der Waals surface area (Å²) in [6, 6.07) is 8.14. The van der Waals surface area contributed by atoms with Gasteiger partial charge in [-0.05, 0) is 25.0 Å². The lowest BCUT2D eigenvalue weighted by Gasteiger charge is -2.24. The molecule has 7 heteroatoms. The second-order valence-electron chi connectivity index (χ2n) is 6.90. The summed E-state index contributed by atoms with van der Waals surface area (Å²) in [6.45, 7) is 4.75. The third-order valence-electron chi connectivity index (χ3n) is 5.22. The van der Waals surface area contributed by atoms with Crippen LogP contribution in [0.25, 0.3) is 11.0 Å². The number of nitrogens with one attached hydrogen (secondary N) is 2. The van der Waals surface area contributed by atoms with Crippen LogP contribution in [0.5, 0.6) is 0 Å². The molecule has 4 rings (SSSR count).